The summed E-state index contributed by atoms with van der Waals surface area (Å²) in [4.78, 5) is 27.3. The Morgan fingerprint density at radius 1 is 0.974 bits per heavy atom. The highest BCUT2D eigenvalue weighted by Crippen LogP contribution is 2.31. The number of pyridine rings is 1. The van der Waals surface area contributed by atoms with Gasteiger partial charge in [-0.25, -0.2) is 9.59 Å². The Bertz CT molecular complexity index is 1030. The summed E-state index contributed by atoms with van der Waals surface area (Å²) in [5.41, 5.74) is 2.46. The van der Waals surface area contributed by atoms with E-state index in [9.17, 15) is 26.3 Å². The molecule has 4 rings (SSSR count). The Morgan fingerprint density at radius 2 is 1.56 bits per heavy atom. The third-order valence-corrected chi connectivity index (χ3v) is 5.86. The fourth-order valence-corrected chi connectivity index (χ4v) is 4.01. The molecule has 2 aliphatic heterocycles. The first kappa shape index (κ1) is 32.0. The van der Waals surface area contributed by atoms with Gasteiger partial charge in [0.1, 0.15) is 0 Å². The Kier molecular flexibility index (Phi) is 11.2. The number of alkyl halides is 6. The fraction of sp³-hybridized carbons (Fsp3) is 0.565. The summed E-state index contributed by atoms with van der Waals surface area (Å²) in [6, 6.07) is 6.15. The predicted octanol–water partition coefficient (Wildman–Crippen LogP) is 2.95. The lowest BCUT2D eigenvalue weighted by Gasteiger charge is -2.47. The van der Waals surface area contributed by atoms with Crippen LogP contribution in [0.5, 0.6) is 0 Å². The Morgan fingerprint density at radius 3 is 2.03 bits per heavy atom. The van der Waals surface area contributed by atoms with Crippen LogP contribution in [-0.4, -0.2) is 97.5 Å². The van der Waals surface area contributed by atoms with Gasteiger partial charge in [0, 0.05) is 64.3 Å². The number of nitrogens with zero attached hydrogens (tertiary/aromatic N) is 5. The van der Waals surface area contributed by atoms with Gasteiger partial charge >= 0.3 is 24.3 Å². The molecule has 2 N–H and O–H groups in total. The van der Waals surface area contributed by atoms with E-state index in [-0.39, 0.29) is 5.60 Å². The molecule has 1 spiro atoms. The minimum atomic E-state index is -5.08. The lowest BCUT2D eigenvalue weighted by Crippen LogP contribution is -2.56. The van der Waals surface area contributed by atoms with E-state index in [1.165, 1.54) is 5.56 Å². The Labute approximate surface area is 219 Å². The first-order chi connectivity index (χ1) is 18.1. The maximum Gasteiger partial charge on any atom is 0.490 e. The third-order valence-electron chi connectivity index (χ3n) is 5.86. The summed E-state index contributed by atoms with van der Waals surface area (Å²) in [5, 5.41) is 18.5. The third kappa shape index (κ3) is 11.2. The molecule has 0 aliphatic carbocycles. The highest BCUT2D eigenvalue weighted by Gasteiger charge is 2.40. The number of aliphatic carboxylic acids is 2. The number of ether oxygens (including phenoxy) is 1. The number of piperidine rings is 1. The largest absolute Gasteiger partial charge is 0.490 e. The highest BCUT2D eigenvalue weighted by atomic mass is 19.4. The molecule has 0 bridgehead atoms. The molecule has 0 saturated carbocycles. The summed E-state index contributed by atoms with van der Waals surface area (Å²) in [6.07, 6.45) is -2.01. The molecule has 2 aliphatic rings. The zero-order chi connectivity index (χ0) is 29.3. The average Bonchev–Trinajstić information content (AvgIpc) is 3.25. The smallest absolute Gasteiger partial charge is 0.475 e. The van der Waals surface area contributed by atoms with Crippen LogP contribution in [0.3, 0.4) is 0 Å². The van der Waals surface area contributed by atoms with Gasteiger partial charge in [-0.1, -0.05) is 6.07 Å². The summed E-state index contributed by atoms with van der Waals surface area (Å²) >= 11 is 0. The van der Waals surface area contributed by atoms with Crippen molar-refractivity contribution in [2.45, 2.75) is 43.9 Å². The number of hydrogen-bond acceptors (Lipinski definition) is 7. The van der Waals surface area contributed by atoms with Gasteiger partial charge in [-0.05, 0) is 25.0 Å². The van der Waals surface area contributed by atoms with E-state index in [4.69, 9.17) is 24.5 Å². The number of rotatable bonds is 4. The van der Waals surface area contributed by atoms with Crippen LogP contribution in [0.2, 0.25) is 0 Å². The van der Waals surface area contributed by atoms with Gasteiger partial charge in [-0.3, -0.25) is 19.5 Å². The van der Waals surface area contributed by atoms with E-state index < -0.39 is 24.3 Å². The molecular formula is C23H29F6N5O5. The molecule has 16 heteroatoms. The first-order valence-electron chi connectivity index (χ1n) is 11.7. The molecule has 10 nitrogen and oxygen atoms in total. The van der Waals surface area contributed by atoms with Gasteiger partial charge < -0.3 is 14.9 Å². The number of carboxylic acid groups (broad SMARTS) is 2. The Hall–Kier alpha value is -3.24. The van der Waals surface area contributed by atoms with Crippen molar-refractivity contribution in [2.24, 2.45) is 7.05 Å². The second kappa shape index (κ2) is 13.7. The molecule has 0 amide bonds. The topological polar surface area (TPSA) is 121 Å². The second-order valence-electron chi connectivity index (χ2n) is 8.97. The number of carbonyl (C=O) groups is 2. The summed E-state index contributed by atoms with van der Waals surface area (Å²) in [7, 11) is 1.97. The molecule has 2 saturated heterocycles. The molecule has 2 fully saturated rings. The molecule has 218 valence electrons. The number of likely N-dealkylation sites (tertiary alicyclic amines) is 1. The zero-order valence-corrected chi connectivity index (χ0v) is 21.0. The maximum atomic E-state index is 10.6. The van der Waals surface area contributed by atoms with Gasteiger partial charge in [-0.15, -0.1) is 0 Å². The zero-order valence-electron chi connectivity index (χ0n) is 21.0. The highest BCUT2D eigenvalue weighted by molar-refractivity contribution is 5.73. The second-order valence-corrected chi connectivity index (χ2v) is 8.97. The van der Waals surface area contributed by atoms with E-state index in [1.807, 2.05) is 30.2 Å². The number of aryl methyl sites for hydroxylation is 1. The van der Waals surface area contributed by atoms with Crippen LogP contribution < -0.4 is 0 Å². The van der Waals surface area contributed by atoms with Crippen molar-refractivity contribution in [1.82, 2.24) is 24.6 Å². The maximum absolute atomic E-state index is 10.6. The van der Waals surface area contributed by atoms with E-state index in [2.05, 4.69) is 38.2 Å². The minimum Gasteiger partial charge on any atom is -0.475 e. The van der Waals surface area contributed by atoms with Crippen molar-refractivity contribution in [3.05, 3.63) is 48.0 Å². The minimum absolute atomic E-state index is 0.0263. The van der Waals surface area contributed by atoms with Gasteiger partial charge in [0.2, 0.25) is 0 Å². The molecule has 0 atom stereocenters. The average molecular weight is 570 g/mol. The monoisotopic (exact) mass is 569 g/mol. The quantitative estimate of drug-likeness (QED) is 0.536. The standard InChI is InChI=1S/C19H27N5O.2C2HF3O2/c1-22-13-17(12-21-22)14-23-8-5-19(6-9-23)16-24(10-11-25-19)15-18-4-2-3-7-20-18;2*3-2(4,5)1(6)7/h2-4,7,12-13H,5-6,8-11,14-16H2,1H3;2*(H,6,7). The van der Waals surface area contributed by atoms with Crippen LogP contribution in [0.15, 0.2) is 36.8 Å². The van der Waals surface area contributed by atoms with Gasteiger partial charge in [0.05, 0.1) is 24.1 Å². The first-order valence-corrected chi connectivity index (χ1v) is 11.7. The van der Waals surface area contributed by atoms with Crippen LogP contribution in [0.25, 0.3) is 0 Å². The molecule has 0 aromatic carbocycles. The predicted molar refractivity (Wildman–Crippen MR) is 123 cm³/mol. The molecule has 2 aromatic rings. The summed E-state index contributed by atoms with van der Waals surface area (Å²) < 4.78 is 71.6. The molecule has 0 radical (unpaired) electrons. The van der Waals surface area contributed by atoms with Gasteiger partial charge in [0.25, 0.3) is 0 Å². The molecule has 2 aromatic heterocycles. The lowest BCUT2D eigenvalue weighted by molar-refractivity contribution is -0.193. The van der Waals surface area contributed by atoms with Crippen molar-refractivity contribution in [3.63, 3.8) is 0 Å². The van der Waals surface area contributed by atoms with Gasteiger partial charge in [-0.2, -0.15) is 31.4 Å². The molecule has 39 heavy (non-hydrogen) atoms. The molecular weight excluding hydrogens is 540 g/mol. The van der Waals surface area contributed by atoms with Crippen molar-refractivity contribution >= 4 is 11.9 Å². The van der Waals surface area contributed by atoms with Crippen molar-refractivity contribution < 1.29 is 50.9 Å². The Balaban J connectivity index is 0.000000317. The van der Waals surface area contributed by atoms with E-state index in [0.717, 1.165) is 64.4 Å². The number of aromatic nitrogens is 3. The lowest BCUT2D eigenvalue weighted by atomic mass is 9.89. The van der Waals surface area contributed by atoms with Crippen molar-refractivity contribution in [1.29, 1.82) is 0 Å². The van der Waals surface area contributed by atoms with E-state index in [0.29, 0.717) is 0 Å². The summed E-state index contributed by atoms with van der Waals surface area (Å²) in [5.74, 6) is -5.51. The van der Waals surface area contributed by atoms with Gasteiger partial charge in [0.15, 0.2) is 0 Å². The van der Waals surface area contributed by atoms with Crippen LogP contribution in [-0.2, 0) is 34.5 Å². The number of morpholine rings is 1. The number of hydrogen-bond donors (Lipinski definition) is 2. The van der Waals surface area contributed by atoms with E-state index >= 15 is 0 Å². The number of halogens is 6. The number of carboxylic acids is 2. The molecule has 4 heterocycles. The van der Waals surface area contributed by atoms with Crippen LogP contribution in [0, 0.1) is 0 Å². The normalized spacial score (nSPS) is 17.9. The van der Waals surface area contributed by atoms with Crippen molar-refractivity contribution in [3.8, 4) is 0 Å². The van der Waals surface area contributed by atoms with Crippen LogP contribution >= 0.6 is 0 Å². The fourth-order valence-electron chi connectivity index (χ4n) is 4.01. The SMILES string of the molecule is Cn1cc(CN2CCC3(CC2)CN(Cc2ccccn2)CCO3)cn1.O=C(O)C(F)(F)F.O=C(O)C(F)(F)F. The molecule has 0 unspecified atom stereocenters. The van der Waals surface area contributed by atoms with Crippen LogP contribution in [0.4, 0.5) is 26.3 Å². The van der Waals surface area contributed by atoms with Crippen LogP contribution in [0.1, 0.15) is 24.1 Å². The van der Waals surface area contributed by atoms with E-state index in [1.54, 1.807) is 0 Å². The van der Waals surface area contributed by atoms with Crippen molar-refractivity contribution in [2.75, 3.05) is 32.8 Å². The summed E-state index contributed by atoms with van der Waals surface area (Å²) in [6.45, 7) is 6.93.